The van der Waals surface area contributed by atoms with Crippen LogP contribution in [0, 0.1) is 12.8 Å². The predicted molar refractivity (Wildman–Crippen MR) is 102 cm³/mol. The highest BCUT2D eigenvalue weighted by atomic mass is 32.1. The zero-order chi connectivity index (χ0) is 22.3. The zero-order valence-corrected chi connectivity index (χ0v) is 17.6. The van der Waals surface area contributed by atoms with Crippen LogP contribution in [0.5, 0.6) is 0 Å². The fraction of sp³-hybridized carbons (Fsp3) is 0.722. The van der Waals surface area contributed by atoms with Gasteiger partial charge in [0, 0.05) is 31.6 Å². The van der Waals surface area contributed by atoms with Gasteiger partial charge in [0.25, 0.3) is 0 Å². The number of piperidine rings is 1. The number of alkyl halides is 3. The number of aromatic nitrogens is 1. The maximum absolute atomic E-state index is 12.1. The van der Waals surface area contributed by atoms with Crippen molar-refractivity contribution in [2.45, 2.75) is 44.7 Å². The van der Waals surface area contributed by atoms with Crippen molar-refractivity contribution in [2.75, 3.05) is 33.4 Å². The molecule has 2 aliphatic heterocycles. The Hall–Kier alpha value is -1.76. The molecule has 3 rings (SSSR count). The van der Waals surface area contributed by atoms with Gasteiger partial charge in [0.2, 0.25) is 5.91 Å². The van der Waals surface area contributed by atoms with E-state index in [4.69, 9.17) is 19.4 Å². The number of ether oxygens (including phenoxy) is 2. The number of hydrogen-bond acceptors (Lipinski definition) is 7. The molecule has 0 radical (unpaired) electrons. The van der Waals surface area contributed by atoms with Gasteiger partial charge in [-0.25, -0.2) is 9.78 Å². The molecule has 2 saturated heterocycles. The number of carboxylic acid groups (broad SMARTS) is 1. The molecule has 1 aromatic heterocycles. The molecule has 0 aliphatic carbocycles. The van der Waals surface area contributed by atoms with Crippen LogP contribution in [0.25, 0.3) is 0 Å². The zero-order valence-electron chi connectivity index (χ0n) is 16.8. The summed E-state index contributed by atoms with van der Waals surface area (Å²) in [7, 11) is 1.63. The van der Waals surface area contributed by atoms with Crippen LogP contribution < -0.4 is 5.32 Å². The van der Waals surface area contributed by atoms with Crippen LogP contribution >= 0.6 is 11.3 Å². The van der Waals surface area contributed by atoms with E-state index in [2.05, 4.69) is 22.1 Å². The van der Waals surface area contributed by atoms with Crippen LogP contribution in [0.3, 0.4) is 0 Å². The Kier molecular flexibility index (Phi) is 9.01. The number of aryl methyl sites for hydroxylation is 1. The third kappa shape index (κ3) is 7.18. The van der Waals surface area contributed by atoms with E-state index in [0.29, 0.717) is 19.1 Å². The van der Waals surface area contributed by atoms with Gasteiger partial charge < -0.3 is 19.9 Å². The number of nitrogens with zero attached hydrogens (tertiary/aromatic N) is 2. The van der Waals surface area contributed by atoms with Gasteiger partial charge >= 0.3 is 12.1 Å². The lowest BCUT2D eigenvalue weighted by Crippen LogP contribution is -2.42. The van der Waals surface area contributed by atoms with Crippen LogP contribution in [0.15, 0.2) is 5.51 Å². The van der Waals surface area contributed by atoms with Gasteiger partial charge in [0.05, 0.1) is 23.9 Å². The number of carbonyl (C=O) groups excluding carboxylic acids is 1. The number of methoxy groups -OCH3 is 1. The topological polar surface area (TPSA) is 101 Å². The predicted octanol–water partition coefficient (Wildman–Crippen LogP) is 1.83. The molecule has 1 amide bonds. The van der Waals surface area contributed by atoms with E-state index in [1.165, 1.54) is 4.88 Å². The molecule has 3 atom stereocenters. The average Bonchev–Trinajstić information content (AvgIpc) is 3.27. The minimum Gasteiger partial charge on any atom is -0.475 e. The second-order valence-corrected chi connectivity index (χ2v) is 8.07. The molecule has 1 aromatic rings. The number of halogens is 3. The summed E-state index contributed by atoms with van der Waals surface area (Å²) in [5.41, 5.74) is 3.03. The molecule has 2 aliphatic rings. The molecular weight excluding hydrogens is 427 g/mol. The first kappa shape index (κ1) is 24.5. The van der Waals surface area contributed by atoms with Crippen molar-refractivity contribution in [1.29, 1.82) is 0 Å². The standard InChI is InChI=1S/C16H25N3O3S.C2HF3O2/c1-11-15(23-10-18-11)9-19-5-3-12-7-13(22-14(12)8-19)16(20)17-4-6-21-2;3-2(4,5)1(6)7/h10,12-14H,3-9H2,1-2H3,(H,17,20);(H,6,7)/t12-,13+,14+;/m0./s1. The lowest BCUT2D eigenvalue weighted by atomic mass is 9.91. The van der Waals surface area contributed by atoms with Gasteiger partial charge in [0.1, 0.15) is 6.10 Å². The van der Waals surface area contributed by atoms with Crippen LogP contribution in [-0.2, 0) is 25.6 Å². The summed E-state index contributed by atoms with van der Waals surface area (Å²) in [4.78, 5) is 29.1. The third-order valence-corrected chi connectivity index (χ3v) is 5.91. The fourth-order valence-corrected chi connectivity index (χ4v) is 4.20. The molecule has 0 bridgehead atoms. The Labute approximate surface area is 176 Å². The van der Waals surface area contributed by atoms with Crippen molar-refractivity contribution >= 4 is 23.2 Å². The smallest absolute Gasteiger partial charge is 0.475 e. The molecule has 0 saturated carbocycles. The number of rotatable bonds is 6. The quantitative estimate of drug-likeness (QED) is 0.634. The lowest BCUT2D eigenvalue weighted by Gasteiger charge is -2.33. The number of carboxylic acids is 1. The van der Waals surface area contributed by atoms with Gasteiger partial charge in [-0.2, -0.15) is 13.2 Å². The molecule has 8 nitrogen and oxygen atoms in total. The number of thiazole rings is 1. The number of hydrogen-bond donors (Lipinski definition) is 2. The van der Waals surface area contributed by atoms with Gasteiger partial charge in [-0.1, -0.05) is 0 Å². The SMILES string of the molecule is COCCNC(=O)[C@H]1C[C@@H]2CCN(Cc3scnc3C)C[C@H]2O1.O=C(O)C(F)(F)F. The molecule has 3 heterocycles. The van der Waals surface area contributed by atoms with Gasteiger partial charge in [-0.15, -0.1) is 11.3 Å². The highest BCUT2D eigenvalue weighted by molar-refractivity contribution is 7.09. The van der Waals surface area contributed by atoms with Crippen LogP contribution in [0.2, 0.25) is 0 Å². The largest absolute Gasteiger partial charge is 0.490 e. The van der Waals surface area contributed by atoms with E-state index in [1.807, 2.05) is 5.51 Å². The summed E-state index contributed by atoms with van der Waals surface area (Å²) in [5, 5.41) is 10.0. The Balaban J connectivity index is 0.000000396. The average molecular weight is 453 g/mol. The summed E-state index contributed by atoms with van der Waals surface area (Å²) in [6, 6.07) is 0. The monoisotopic (exact) mass is 453 g/mol. The first-order valence-corrected chi connectivity index (χ1v) is 10.3. The molecule has 2 N–H and O–H groups in total. The van der Waals surface area contributed by atoms with Gasteiger partial charge in [-0.3, -0.25) is 9.69 Å². The molecule has 170 valence electrons. The van der Waals surface area contributed by atoms with Gasteiger partial charge in [-0.05, 0) is 32.2 Å². The lowest BCUT2D eigenvalue weighted by molar-refractivity contribution is -0.192. The second kappa shape index (κ2) is 11.0. The van der Waals surface area contributed by atoms with Crippen LogP contribution in [-0.4, -0.2) is 78.6 Å². The minimum absolute atomic E-state index is 0.00120. The van der Waals surface area contributed by atoms with Crippen molar-refractivity contribution in [3.8, 4) is 0 Å². The van der Waals surface area contributed by atoms with E-state index in [0.717, 1.165) is 38.2 Å². The number of fused-ring (bicyclic) bond motifs is 1. The number of carbonyl (C=O) groups is 2. The van der Waals surface area contributed by atoms with Crippen molar-refractivity contribution in [3.05, 3.63) is 16.1 Å². The van der Waals surface area contributed by atoms with Crippen LogP contribution in [0.1, 0.15) is 23.4 Å². The molecule has 30 heavy (non-hydrogen) atoms. The number of aliphatic carboxylic acids is 1. The minimum atomic E-state index is -5.08. The van der Waals surface area contributed by atoms with Crippen molar-refractivity contribution in [3.63, 3.8) is 0 Å². The van der Waals surface area contributed by atoms with Gasteiger partial charge in [0.15, 0.2) is 0 Å². The summed E-state index contributed by atoms with van der Waals surface area (Å²) in [6.45, 7) is 6.05. The summed E-state index contributed by atoms with van der Waals surface area (Å²) in [6.07, 6.45) is -3.26. The fourth-order valence-electron chi connectivity index (χ4n) is 3.38. The summed E-state index contributed by atoms with van der Waals surface area (Å²) < 4.78 is 42.7. The van der Waals surface area contributed by atoms with E-state index < -0.39 is 12.1 Å². The van der Waals surface area contributed by atoms with Crippen LogP contribution in [0.4, 0.5) is 13.2 Å². The van der Waals surface area contributed by atoms with E-state index in [1.54, 1.807) is 18.4 Å². The maximum Gasteiger partial charge on any atom is 0.490 e. The normalized spacial score (nSPS) is 24.0. The third-order valence-electron chi connectivity index (χ3n) is 4.99. The Morgan fingerprint density at radius 1 is 1.47 bits per heavy atom. The maximum atomic E-state index is 12.1. The number of amides is 1. The molecule has 12 heteroatoms. The molecule has 2 fully saturated rings. The first-order chi connectivity index (χ1) is 14.1. The number of likely N-dealkylation sites (tertiary alicyclic amines) is 1. The van der Waals surface area contributed by atoms with Crippen molar-refractivity contribution < 1.29 is 37.3 Å². The van der Waals surface area contributed by atoms with Crippen molar-refractivity contribution in [1.82, 2.24) is 15.2 Å². The molecule has 0 unspecified atom stereocenters. The summed E-state index contributed by atoms with van der Waals surface area (Å²) in [5.74, 6) is -2.25. The molecule has 0 aromatic carbocycles. The highest BCUT2D eigenvalue weighted by Gasteiger charge is 2.41. The molecular formula is C18H26F3N3O5S. The van der Waals surface area contributed by atoms with E-state index >= 15 is 0 Å². The molecule has 0 spiro atoms. The Bertz CT molecular complexity index is 715. The summed E-state index contributed by atoms with van der Waals surface area (Å²) >= 11 is 1.72. The Morgan fingerprint density at radius 2 is 2.17 bits per heavy atom. The van der Waals surface area contributed by atoms with E-state index in [-0.39, 0.29) is 18.1 Å². The first-order valence-electron chi connectivity index (χ1n) is 9.45. The van der Waals surface area contributed by atoms with Crippen molar-refractivity contribution in [2.24, 2.45) is 5.92 Å². The second-order valence-electron chi connectivity index (χ2n) is 7.13. The van der Waals surface area contributed by atoms with E-state index in [9.17, 15) is 18.0 Å². The highest BCUT2D eigenvalue weighted by Crippen LogP contribution is 2.34. The Morgan fingerprint density at radius 3 is 2.73 bits per heavy atom. The number of nitrogens with one attached hydrogen (secondary N) is 1.